The van der Waals surface area contributed by atoms with Gasteiger partial charge in [-0.2, -0.15) is 0 Å². The number of aldehydes is 1. The molecule has 0 saturated carbocycles. The third-order valence-electron chi connectivity index (χ3n) is 5.78. The number of nitrogens with one attached hydrogen (secondary N) is 2. The van der Waals surface area contributed by atoms with Gasteiger partial charge in [-0.1, -0.05) is 33.2 Å². The molecule has 0 amide bonds. The van der Waals surface area contributed by atoms with Crippen LogP contribution in [0.4, 0.5) is 5.69 Å². The predicted molar refractivity (Wildman–Crippen MR) is 118 cm³/mol. The number of thiophene rings is 1. The van der Waals surface area contributed by atoms with Crippen molar-refractivity contribution in [3.8, 4) is 10.4 Å². The summed E-state index contributed by atoms with van der Waals surface area (Å²) in [6, 6.07) is 4.46. The van der Waals surface area contributed by atoms with Crippen molar-refractivity contribution in [1.29, 1.82) is 0 Å². The van der Waals surface area contributed by atoms with Crippen molar-refractivity contribution in [2.45, 2.75) is 52.5 Å². The van der Waals surface area contributed by atoms with E-state index in [2.05, 4.69) is 55.4 Å². The molecular weight excluding hydrogens is 372 g/mol. The molecule has 0 unspecified atom stereocenters. The highest BCUT2D eigenvalue weighted by atomic mass is 32.1. The molecule has 3 nitrogen and oxygen atoms in total. The maximum absolute atomic E-state index is 12.1. The maximum Gasteiger partial charge on any atom is 0.151 e. The first kappa shape index (κ1) is 18.8. The van der Waals surface area contributed by atoms with Crippen LogP contribution in [-0.4, -0.2) is 6.29 Å². The minimum absolute atomic E-state index is 0.263. The van der Waals surface area contributed by atoms with Gasteiger partial charge in [0.2, 0.25) is 0 Å². The van der Waals surface area contributed by atoms with Crippen LogP contribution in [0, 0.1) is 5.41 Å². The Bertz CT molecular complexity index is 927. The van der Waals surface area contributed by atoms with Gasteiger partial charge in [-0.25, -0.2) is 0 Å². The van der Waals surface area contributed by atoms with Crippen LogP contribution >= 0.6 is 24.2 Å². The lowest BCUT2D eigenvalue weighted by Gasteiger charge is -2.29. The number of thiol groups is 1. The standard InChI is InChI=1S/C22H26N2OS2/c1-13-4-5-14-8-16(15(11-23-26)9-19(14)24-13)21-18(12-25)17-10-22(2,3)7-6-20(17)27-21/h8-9,12,23-24,26H,1,4-7,10-11H2,2-3H3. The second kappa shape index (κ2) is 7.12. The van der Waals surface area contributed by atoms with E-state index in [1.165, 1.54) is 28.0 Å². The number of hydrogen-bond acceptors (Lipinski definition) is 5. The van der Waals surface area contributed by atoms with Gasteiger partial charge in [-0.15, -0.1) is 11.3 Å². The highest BCUT2D eigenvalue weighted by Crippen LogP contribution is 2.46. The van der Waals surface area contributed by atoms with E-state index in [1.54, 1.807) is 0 Å². The third kappa shape index (κ3) is 3.48. The molecule has 1 aromatic carbocycles. The van der Waals surface area contributed by atoms with E-state index < -0.39 is 0 Å². The number of hydrogen-bond donors (Lipinski definition) is 3. The highest BCUT2D eigenvalue weighted by molar-refractivity contribution is 7.78. The molecule has 5 heteroatoms. The summed E-state index contributed by atoms with van der Waals surface area (Å²) < 4.78 is 2.99. The molecule has 2 aromatic rings. The molecule has 0 saturated heterocycles. The van der Waals surface area contributed by atoms with Gasteiger partial charge in [0.1, 0.15) is 0 Å². The van der Waals surface area contributed by atoms with Crippen molar-refractivity contribution >= 4 is 36.1 Å². The van der Waals surface area contributed by atoms with Gasteiger partial charge in [0.05, 0.1) is 0 Å². The van der Waals surface area contributed by atoms with Crippen LogP contribution in [0.15, 0.2) is 24.4 Å². The van der Waals surface area contributed by atoms with E-state index in [4.69, 9.17) is 0 Å². The Morgan fingerprint density at radius 3 is 2.89 bits per heavy atom. The molecule has 0 spiro atoms. The fourth-order valence-corrected chi connectivity index (χ4v) is 5.77. The van der Waals surface area contributed by atoms with Crippen LogP contribution < -0.4 is 10.0 Å². The number of rotatable bonds is 4. The lowest BCUT2D eigenvalue weighted by molar-refractivity contribution is 0.112. The Kier molecular flexibility index (Phi) is 4.95. The van der Waals surface area contributed by atoms with Crippen LogP contribution in [0.2, 0.25) is 0 Å². The average Bonchev–Trinajstić information content (AvgIpc) is 2.97. The summed E-state index contributed by atoms with van der Waals surface area (Å²) in [5.41, 5.74) is 8.25. The summed E-state index contributed by atoms with van der Waals surface area (Å²) >= 11 is 6.04. The number of carbonyl (C=O) groups is 1. The fraction of sp³-hybridized carbons (Fsp3) is 0.409. The topological polar surface area (TPSA) is 41.1 Å². The van der Waals surface area contributed by atoms with Crippen molar-refractivity contribution < 1.29 is 4.79 Å². The first-order chi connectivity index (χ1) is 12.9. The van der Waals surface area contributed by atoms with Gasteiger partial charge >= 0.3 is 0 Å². The Morgan fingerprint density at radius 1 is 1.33 bits per heavy atom. The van der Waals surface area contributed by atoms with Crippen LogP contribution in [-0.2, 0) is 25.8 Å². The molecule has 2 heterocycles. The Labute approximate surface area is 170 Å². The van der Waals surface area contributed by atoms with Gasteiger partial charge in [-0.3, -0.25) is 9.52 Å². The second-order valence-electron chi connectivity index (χ2n) is 8.44. The number of aryl methyl sites for hydroxylation is 2. The predicted octanol–water partition coefficient (Wildman–Crippen LogP) is 5.55. The summed E-state index contributed by atoms with van der Waals surface area (Å²) in [6.07, 6.45) is 6.24. The number of allylic oxidation sites excluding steroid dienone is 1. The van der Waals surface area contributed by atoms with Gasteiger partial charge in [0.25, 0.3) is 0 Å². The van der Waals surface area contributed by atoms with Crippen molar-refractivity contribution in [3.63, 3.8) is 0 Å². The largest absolute Gasteiger partial charge is 0.359 e. The summed E-state index contributed by atoms with van der Waals surface area (Å²) in [5.74, 6) is 0. The van der Waals surface area contributed by atoms with Gasteiger partial charge in [0, 0.05) is 33.2 Å². The number of fused-ring (bicyclic) bond motifs is 2. The van der Waals surface area contributed by atoms with Crippen molar-refractivity contribution in [2.24, 2.45) is 5.41 Å². The van der Waals surface area contributed by atoms with E-state index >= 15 is 0 Å². The molecule has 1 aliphatic heterocycles. The summed E-state index contributed by atoms with van der Waals surface area (Å²) in [6.45, 7) is 9.32. The molecule has 1 aliphatic carbocycles. The quantitative estimate of drug-likeness (QED) is 0.467. The zero-order valence-electron chi connectivity index (χ0n) is 15.9. The monoisotopic (exact) mass is 398 g/mol. The fourth-order valence-electron chi connectivity index (χ4n) is 4.26. The molecule has 4 rings (SSSR count). The van der Waals surface area contributed by atoms with E-state index in [-0.39, 0.29) is 5.41 Å². The SMILES string of the molecule is C=C1CCc2cc(-c3sc4c(c3C=O)CC(C)(C)CC4)c(CNS)cc2N1. The Balaban J connectivity index is 1.87. The molecule has 0 bridgehead atoms. The molecule has 142 valence electrons. The molecule has 1 aromatic heterocycles. The van der Waals surface area contributed by atoms with Crippen LogP contribution in [0.5, 0.6) is 0 Å². The number of benzene rings is 1. The van der Waals surface area contributed by atoms with Crippen LogP contribution in [0.25, 0.3) is 10.4 Å². The molecule has 2 N–H and O–H groups in total. The average molecular weight is 399 g/mol. The summed E-state index contributed by atoms with van der Waals surface area (Å²) in [5, 5.41) is 3.41. The minimum atomic E-state index is 0.263. The minimum Gasteiger partial charge on any atom is -0.359 e. The zero-order chi connectivity index (χ0) is 19.2. The van der Waals surface area contributed by atoms with Gasteiger partial charge < -0.3 is 5.32 Å². The highest BCUT2D eigenvalue weighted by Gasteiger charge is 2.31. The lowest BCUT2D eigenvalue weighted by atomic mass is 9.76. The normalized spacial score (nSPS) is 17.8. The van der Waals surface area contributed by atoms with E-state index in [9.17, 15) is 4.79 Å². The summed E-state index contributed by atoms with van der Waals surface area (Å²) in [4.78, 5) is 14.6. The van der Waals surface area contributed by atoms with Crippen LogP contribution in [0.1, 0.15) is 58.6 Å². The van der Waals surface area contributed by atoms with E-state index in [1.807, 2.05) is 11.3 Å². The van der Waals surface area contributed by atoms with Crippen molar-refractivity contribution in [3.05, 3.63) is 51.5 Å². The van der Waals surface area contributed by atoms with E-state index in [0.717, 1.165) is 59.4 Å². The first-order valence-electron chi connectivity index (χ1n) is 9.49. The maximum atomic E-state index is 12.1. The second-order valence-corrected chi connectivity index (χ2v) is 9.86. The van der Waals surface area contributed by atoms with Gasteiger partial charge in [0.15, 0.2) is 6.29 Å². The van der Waals surface area contributed by atoms with Crippen LogP contribution in [0.3, 0.4) is 0 Å². The molecular formula is C22H26N2OS2. The Hall–Kier alpha value is -1.56. The van der Waals surface area contributed by atoms with E-state index in [0.29, 0.717) is 6.54 Å². The Morgan fingerprint density at radius 2 is 2.15 bits per heavy atom. The lowest BCUT2D eigenvalue weighted by Crippen LogP contribution is -2.21. The molecule has 0 radical (unpaired) electrons. The van der Waals surface area contributed by atoms with Crippen molar-refractivity contribution in [1.82, 2.24) is 4.72 Å². The van der Waals surface area contributed by atoms with Gasteiger partial charge in [-0.05, 0) is 71.9 Å². The van der Waals surface area contributed by atoms with Crippen molar-refractivity contribution in [2.75, 3.05) is 5.32 Å². The summed E-state index contributed by atoms with van der Waals surface area (Å²) in [7, 11) is 0. The smallest absolute Gasteiger partial charge is 0.151 e. The third-order valence-corrected chi connectivity index (χ3v) is 7.28. The molecule has 0 atom stereocenters. The zero-order valence-corrected chi connectivity index (χ0v) is 17.7. The molecule has 2 aliphatic rings. The number of anilines is 1. The molecule has 0 fully saturated rings. The first-order valence-corrected chi connectivity index (χ1v) is 10.8. The number of carbonyl (C=O) groups excluding carboxylic acids is 1. The molecule has 27 heavy (non-hydrogen) atoms.